The monoisotopic (exact) mass is 383 g/mol. The lowest BCUT2D eigenvalue weighted by Gasteiger charge is -2.32. The van der Waals surface area contributed by atoms with Gasteiger partial charge in [-0.3, -0.25) is 14.9 Å². The Balaban J connectivity index is 1.56. The molecule has 1 aliphatic rings. The highest BCUT2D eigenvalue weighted by Gasteiger charge is 2.16. The topological polar surface area (TPSA) is 105 Å². The first-order valence-electron chi connectivity index (χ1n) is 9.27. The van der Waals surface area contributed by atoms with Crippen LogP contribution in [0.25, 0.3) is 0 Å². The van der Waals surface area contributed by atoms with E-state index in [1.807, 2.05) is 24.3 Å². The van der Waals surface area contributed by atoms with Crippen LogP contribution in [-0.2, 0) is 6.42 Å². The van der Waals surface area contributed by atoms with Gasteiger partial charge in [0, 0.05) is 50.0 Å². The third kappa shape index (κ3) is 5.05. The van der Waals surface area contributed by atoms with E-state index in [0.717, 1.165) is 39.1 Å². The van der Waals surface area contributed by atoms with E-state index in [9.17, 15) is 14.9 Å². The molecule has 0 bridgehead atoms. The van der Waals surface area contributed by atoms with Gasteiger partial charge >= 0.3 is 0 Å². The van der Waals surface area contributed by atoms with E-state index in [2.05, 4.69) is 22.2 Å². The molecule has 1 saturated heterocycles. The number of benzene rings is 2. The third-order valence-electron chi connectivity index (χ3n) is 5.01. The van der Waals surface area contributed by atoms with Crippen LogP contribution >= 0.6 is 0 Å². The summed E-state index contributed by atoms with van der Waals surface area (Å²) in [7, 11) is 2.15. The predicted octanol–water partition coefficient (Wildman–Crippen LogP) is 2.22. The average Bonchev–Trinajstić information content (AvgIpc) is 2.68. The maximum absolute atomic E-state index is 12.4. The minimum atomic E-state index is -0.596. The highest BCUT2D eigenvalue weighted by atomic mass is 16.6. The number of hydrogen-bond acceptors (Lipinski definition) is 6. The van der Waals surface area contributed by atoms with Crippen molar-refractivity contribution in [1.82, 2.24) is 9.80 Å². The van der Waals surface area contributed by atoms with E-state index < -0.39 is 10.8 Å². The molecule has 1 heterocycles. The summed E-state index contributed by atoms with van der Waals surface area (Å²) in [5.41, 5.74) is 7.38. The van der Waals surface area contributed by atoms with Gasteiger partial charge in [-0.05, 0) is 43.3 Å². The summed E-state index contributed by atoms with van der Waals surface area (Å²) in [6.07, 6.45) is 0.960. The van der Waals surface area contributed by atoms with E-state index in [-0.39, 0.29) is 16.9 Å². The number of carbonyl (C=O) groups is 1. The molecule has 1 fully saturated rings. The molecule has 28 heavy (non-hydrogen) atoms. The zero-order valence-electron chi connectivity index (χ0n) is 15.9. The van der Waals surface area contributed by atoms with Crippen molar-refractivity contribution in [1.29, 1.82) is 0 Å². The zero-order chi connectivity index (χ0) is 20.1. The smallest absolute Gasteiger partial charge is 0.292 e. The second kappa shape index (κ2) is 8.81. The quantitative estimate of drug-likeness (QED) is 0.450. The van der Waals surface area contributed by atoms with Crippen LogP contribution in [0.3, 0.4) is 0 Å². The number of anilines is 2. The molecule has 2 aromatic rings. The van der Waals surface area contributed by atoms with Gasteiger partial charge in [0.05, 0.1) is 4.92 Å². The summed E-state index contributed by atoms with van der Waals surface area (Å²) >= 11 is 0. The molecule has 0 atom stereocenters. The van der Waals surface area contributed by atoms with Crippen LogP contribution in [0.15, 0.2) is 42.5 Å². The Bertz CT molecular complexity index is 845. The van der Waals surface area contributed by atoms with Gasteiger partial charge in [0.25, 0.3) is 11.6 Å². The molecule has 0 aliphatic carbocycles. The van der Waals surface area contributed by atoms with Crippen LogP contribution in [0.4, 0.5) is 17.1 Å². The molecule has 2 aromatic carbocycles. The molecular weight excluding hydrogens is 358 g/mol. The number of nitrogens with one attached hydrogen (secondary N) is 1. The summed E-state index contributed by atoms with van der Waals surface area (Å²) in [5.74, 6) is -0.409. The molecular formula is C20H25N5O3. The van der Waals surface area contributed by atoms with Crippen molar-refractivity contribution in [2.75, 3.05) is 50.8 Å². The first-order chi connectivity index (χ1) is 13.4. The fourth-order valence-corrected chi connectivity index (χ4v) is 3.16. The van der Waals surface area contributed by atoms with E-state index >= 15 is 0 Å². The van der Waals surface area contributed by atoms with Crippen molar-refractivity contribution >= 4 is 23.0 Å². The lowest BCUT2D eigenvalue weighted by molar-refractivity contribution is -0.383. The number of nitrogen functional groups attached to an aromatic ring is 1. The fraction of sp³-hybridized carbons (Fsp3) is 0.350. The van der Waals surface area contributed by atoms with Gasteiger partial charge in [0.1, 0.15) is 5.69 Å². The van der Waals surface area contributed by atoms with E-state index in [4.69, 9.17) is 5.73 Å². The van der Waals surface area contributed by atoms with Gasteiger partial charge in [0.15, 0.2) is 0 Å². The summed E-state index contributed by atoms with van der Waals surface area (Å²) in [6.45, 7) is 5.42. The maximum Gasteiger partial charge on any atom is 0.292 e. The number of amides is 1. The number of hydrogen-bond donors (Lipinski definition) is 2. The number of nitro groups is 1. The van der Waals surface area contributed by atoms with Gasteiger partial charge in [-0.15, -0.1) is 0 Å². The van der Waals surface area contributed by atoms with Crippen LogP contribution in [0.1, 0.15) is 15.9 Å². The van der Waals surface area contributed by atoms with Gasteiger partial charge < -0.3 is 20.9 Å². The molecule has 0 unspecified atom stereocenters. The van der Waals surface area contributed by atoms with Gasteiger partial charge in [-0.25, -0.2) is 0 Å². The Morgan fingerprint density at radius 1 is 1.14 bits per heavy atom. The Kier molecular flexibility index (Phi) is 6.23. The van der Waals surface area contributed by atoms with Gasteiger partial charge in [-0.2, -0.15) is 0 Å². The highest BCUT2D eigenvalue weighted by molar-refractivity contribution is 6.05. The van der Waals surface area contributed by atoms with Crippen molar-refractivity contribution in [3.8, 4) is 0 Å². The number of nitrogens with two attached hydrogens (primary N) is 1. The number of nitro benzene ring substituents is 1. The fourth-order valence-electron chi connectivity index (χ4n) is 3.16. The standard InChI is InChI=1S/C20H25N5O3/c1-23-10-12-24(13-11-23)9-8-15-2-5-17(6-3-15)22-20(26)16-4-7-18(21)19(14-16)25(27)28/h2-7,14H,8-13,21H2,1H3,(H,22,26). The second-order valence-electron chi connectivity index (χ2n) is 7.08. The summed E-state index contributed by atoms with van der Waals surface area (Å²) in [4.78, 5) is 27.5. The van der Waals surface area contributed by atoms with E-state index in [1.165, 1.54) is 23.8 Å². The first kappa shape index (κ1) is 19.8. The molecule has 1 aliphatic heterocycles. The maximum atomic E-state index is 12.4. The molecule has 8 heteroatoms. The van der Waals surface area contributed by atoms with Crippen molar-refractivity contribution in [2.45, 2.75) is 6.42 Å². The van der Waals surface area contributed by atoms with Gasteiger partial charge in [0.2, 0.25) is 0 Å². The molecule has 0 aromatic heterocycles. The van der Waals surface area contributed by atoms with Gasteiger partial charge in [-0.1, -0.05) is 12.1 Å². The predicted molar refractivity (Wildman–Crippen MR) is 110 cm³/mol. The lowest BCUT2D eigenvalue weighted by atomic mass is 10.1. The second-order valence-corrected chi connectivity index (χ2v) is 7.08. The Labute approximate surface area is 164 Å². The van der Waals surface area contributed by atoms with Crippen LogP contribution in [0.2, 0.25) is 0 Å². The van der Waals surface area contributed by atoms with E-state index in [0.29, 0.717) is 5.69 Å². The average molecular weight is 383 g/mol. The van der Waals surface area contributed by atoms with Crippen LogP contribution in [0, 0.1) is 10.1 Å². The van der Waals surface area contributed by atoms with Crippen molar-refractivity contribution in [3.05, 3.63) is 63.7 Å². The number of carbonyl (C=O) groups excluding carboxylic acids is 1. The zero-order valence-corrected chi connectivity index (χ0v) is 15.9. The Morgan fingerprint density at radius 2 is 1.82 bits per heavy atom. The van der Waals surface area contributed by atoms with Crippen molar-refractivity contribution in [2.24, 2.45) is 0 Å². The molecule has 0 radical (unpaired) electrons. The Hall–Kier alpha value is -2.97. The first-order valence-corrected chi connectivity index (χ1v) is 9.27. The van der Waals surface area contributed by atoms with E-state index in [1.54, 1.807) is 0 Å². The SMILES string of the molecule is CN1CCN(CCc2ccc(NC(=O)c3ccc(N)c([N+](=O)[O-])c3)cc2)CC1. The normalized spacial score (nSPS) is 15.3. The van der Waals surface area contributed by atoms with Crippen LogP contribution < -0.4 is 11.1 Å². The lowest BCUT2D eigenvalue weighted by Crippen LogP contribution is -2.45. The summed E-state index contributed by atoms with van der Waals surface area (Å²) in [5, 5.41) is 13.7. The number of rotatable bonds is 6. The van der Waals surface area contributed by atoms with Crippen LogP contribution in [0.5, 0.6) is 0 Å². The molecule has 148 valence electrons. The summed E-state index contributed by atoms with van der Waals surface area (Å²) in [6, 6.07) is 11.7. The van der Waals surface area contributed by atoms with Crippen LogP contribution in [-0.4, -0.2) is 60.4 Å². The van der Waals surface area contributed by atoms with Crippen molar-refractivity contribution < 1.29 is 9.72 Å². The molecule has 0 saturated carbocycles. The van der Waals surface area contributed by atoms with Crippen molar-refractivity contribution in [3.63, 3.8) is 0 Å². The number of likely N-dealkylation sites (N-methyl/N-ethyl adjacent to an activating group) is 1. The molecule has 3 rings (SSSR count). The molecule has 1 amide bonds. The minimum absolute atomic E-state index is 0.0336. The highest BCUT2D eigenvalue weighted by Crippen LogP contribution is 2.23. The molecule has 3 N–H and O–H groups in total. The number of nitrogens with zero attached hydrogens (tertiary/aromatic N) is 3. The minimum Gasteiger partial charge on any atom is -0.393 e. The third-order valence-corrected chi connectivity index (χ3v) is 5.01. The largest absolute Gasteiger partial charge is 0.393 e. The summed E-state index contributed by atoms with van der Waals surface area (Å²) < 4.78 is 0. The molecule has 8 nitrogen and oxygen atoms in total. The Morgan fingerprint density at radius 3 is 2.46 bits per heavy atom. The number of piperazine rings is 1. The molecule has 0 spiro atoms.